The van der Waals surface area contributed by atoms with Gasteiger partial charge in [-0.25, -0.2) is 9.78 Å². The number of aromatic amines is 1. The first-order chi connectivity index (χ1) is 39.3. The van der Waals surface area contributed by atoms with Crippen LogP contribution in [0.5, 0.6) is 5.75 Å². The second kappa shape index (κ2) is 32.5. The van der Waals surface area contributed by atoms with Crippen molar-refractivity contribution in [1.82, 2.24) is 52.1 Å². The number of hydrogen-bond donors (Lipinski definition) is 10. The van der Waals surface area contributed by atoms with Crippen molar-refractivity contribution in [3.8, 4) is 5.75 Å². The Bertz CT molecular complexity index is 2850. The average Bonchev–Trinajstić information content (AvgIpc) is 4.10. The van der Waals surface area contributed by atoms with Gasteiger partial charge in [-0.2, -0.15) is 0 Å². The largest absolute Gasteiger partial charge is 0.508 e. The molecule has 20 nitrogen and oxygen atoms in total. The molecular weight excluding hydrogens is 1080 g/mol. The Labute approximate surface area is 488 Å². The molecule has 1 saturated heterocycles. The van der Waals surface area contributed by atoms with E-state index in [0.29, 0.717) is 54.8 Å². The molecule has 3 heterocycles. The maximum absolute atomic E-state index is 15.0. The summed E-state index contributed by atoms with van der Waals surface area (Å²) in [4.78, 5) is 110. The number of H-pyrrole nitrogens is 1. The van der Waals surface area contributed by atoms with Gasteiger partial charge in [-0.1, -0.05) is 90.9 Å². The van der Waals surface area contributed by atoms with E-state index in [2.05, 4.69) is 47.2 Å². The molecule has 0 aliphatic carbocycles. The number of nitrogens with zero attached hydrogens (tertiary/aromatic N) is 2. The van der Waals surface area contributed by atoms with E-state index in [9.17, 15) is 34.2 Å². The lowest BCUT2D eigenvalue weighted by Crippen LogP contribution is -2.62. The van der Waals surface area contributed by atoms with Crippen molar-refractivity contribution < 1.29 is 48.5 Å². The molecule has 5 aromatic rings. The van der Waals surface area contributed by atoms with E-state index in [1.807, 2.05) is 49.4 Å². The lowest BCUT2D eigenvalue weighted by atomic mass is 10.00. The van der Waals surface area contributed by atoms with E-state index < -0.39 is 83.6 Å². The summed E-state index contributed by atoms with van der Waals surface area (Å²) in [5, 5.41) is 43.5. The number of aliphatic hydroxyl groups is 1. The molecule has 7 atom stereocenters. The van der Waals surface area contributed by atoms with E-state index >= 15 is 9.59 Å². The van der Waals surface area contributed by atoms with E-state index in [1.54, 1.807) is 91.3 Å². The lowest BCUT2D eigenvalue weighted by Gasteiger charge is -2.30. The minimum Gasteiger partial charge on any atom is -0.508 e. The number of unbranched alkanes of at least 4 members (excludes halogenated alkanes) is 2. The highest BCUT2D eigenvalue weighted by Crippen LogP contribution is 2.29. The van der Waals surface area contributed by atoms with Gasteiger partial charge in [0.1, 0.15) is 46.6 Å². The van der Waals surface area contributed by atoms with Crippen LogP contribution in [-0.2, 0) is 52.8 Å². The van der Waals surface area contributed by atoms with Crippen molar-refractivity contribution in [2.45, 2.75) is 152 Å². The van der Waals surface area contributed by atoms with Crippen molar-refractivity contribution in [2.24, 2.45) is 0 Å². The fraction of sp³-hybridized carbons (Fsp3) is 0.467. The predicted molar refractivity (Wildman–Crippen MR) is 318 cm³/mol. The number of fused-ring (bicyclic) bond motifs is 1. The number of carbonyl (C=O) groups is 7. The molecule has 22 heteroatoms. The fourth-order valence-corrected chi connectivity index (χ4v) is 11.2. The third-order valence-corrected chi connectivity index (χ3v) is 15.9. The quantitative estimate of drug-likeness (QED) is 0.0281. The van der Waals surface area contributed by atoms with Crippen LogP contribution in [0.25, 0.3) is 10.9 Å². The Balaban J connectivity index is 1.35. The Kier molecular flexibility index (Phi) is 25.4. The number of carbonyl (C=O) groups excluding carboxylic acids is 7. The Hall–Kier alpha value is -7.14. The summed E-state index contributed by atoms with van der Waals surface area (Å²) in [7, 11) is 3.06. The highest BCUT2D eigenvalue weighted by atomic mass is 33.1. The van der Waals surface area contributed by atoms with E-state index in [4.69, 9.17) is 4.74 Å². The van der Waals surface area contributed by atoms with Crippen molar-refractivity contribution in [3.63, 3.8) is 0 Å². The maximum Gasteiger partial charge on any atom is 0.407 e. The van der Waals surface area contributed by atoms with E-state index in [0.717, 1.165) is 28.8 Å². The summed E-state index contributed by atoms with van der Waals surface area (Å²) in [5.41, 5.74) is 2.03. The standard InChI is InChI=1S/C60H80N10O10S2/c1-6-7-31-70(32-33-81-82-51-22-14-16-29-61-51)52(73)28-27-47-54(74)67-48(35-41-23-25-44(72)26-24-41)57(77)68-50(36-42-37-63-46-21-12-11-20-45(42)46)55(75)65-43(19-13-15-30-62-59(79)80-60(3,4)5)38-64-53(39(2)71)58(78)69-49(56(76)66-47)34-40-17-9-8-10-18-40/h8-12,14,16-18,20-26,29,37,39,43,47-50,53,63-64,71-72H,6-7,13,15,19,27-28,30-36,38H2,1-5H3,(H,62,79)(H,65,75)(H,66,76)(H,67,74)(H,68,77)(H,69,78)/t39-,43+,47+,48+,49+,50-,53+/m1/s1. The van der Waals surface area contributed by atoms with Gasteiger partial charge >= 0.3 is 6.09 Å². The smallest absolute Gasteiger partial charge is 0.407 e. The molecule has 7 amide bonds. The third-order valence-electron chi connectivity index (χ3n) is 13.6. The summed E-state index contributed by atoms with van der Waals surface area (Å²) < 4.78 is 5.39. The molecule has 0 radical (unpaired) electrons. The van der Waals surface area contributed by atoms with Crippen LogP contribution >= 0.6 is 21.6 Å². The monoisotopic (exact) mass is 1160 g/mol. The minimum absolute atomic E-state index is 0.00140. The number of aliphatic hydroxyl groups excluding tert-OH is 1. The van der Waals surface area contributed by atoms with Gasteiger partial charge in [0.15, 0.2) is 0 Å². The second-order valence-electron chi connectivity index (χ2n) is 21.5. The summed E-state index contributed by atoms with van der Waals surface area (Å²) >= 11 is 0. The number of hydrogen-bond acceptors (Lipinski definition) is 14. The molecule has 0 spiro atoms. The van der Waals surface area contributed by atoms with Crippen LogP contribution in [0.2, 0.25) is 0 Å². The van der Waals surface area contributed by atoms with Gasteiger partial charge < -0.3 is 62.1 Å². The number of aromatic hydroxyl groups is 1. The van der Waals surface area contributed by atoms with Gasteiger partial charge in [0.25, 0.3) is 0 Å². The number of ether oxygens (including phenoxy) is 1. The third kappa shape index (κ3) is 21.3. The van der Waals surface area contributed by atoms with Gasteiger partial charge in [-0.15, -0.1) is 0 Å². The van der Waals surface area contributed by atoms with Crippen LogP contribution < -0.4 is 37.2 Å². The Morgan fingerprint density at radius 2 is 1.35 bits per heavy atom. The molecule has 1 aliphatic heterocycles. The number of benzene rings is 3. The van der Waals surface area contributed by atoms with Gasteiger partial charge in [-0.05, 0) is 118 Å². The van der Waals surface area contributed by atoms with Crippen LogP contribution in [0.3, 0.4) is 0 Å². The summed E-state index contributed by atoms with van der Waals surface area (Å²) in [5.74, 6) is -3.31. The number of rotatable bonds is 23. The number of phenolic OH excluding ortho intramolecular Hbond substituents is 1. The molecule has 2 aromatic heterocycles. The molecule has 0 bridgehead atoms. The van der Waals surface area contributed by atoms with E-state index in [-0.39, 0.29) is 56.9 Å². The lowest BCUT2D eigenvalue weighted by molar-refractivity contribution is -0.136. The predicted octanol–water partition coefficient (Wildman–Crippen LogP) is 5.62. The second-order valence-corrected chi connectivity index (χ2v) is 23.9. The number of amides is 7. The zero-order valence-electron chi connectivity index (χ0n) is 47.4. The Morgan fingerprint density at radius 1 is 0.732 bits per heavy atom. The van der Waals surface area contributed by atoms with Gasteiger partial charge in [-0.3, -0.25) is 28.8 Å². The summed E-state index contributed by atoms with van der Waals surface area (Å²) in [6.45, 7) is 9.82. The maximum atomic E-state index is 15.0. The number of nitrogens with one attached hydrogen (secondary N) is 8. The topological polar surface area (TPSA) is 285 Å². The zero-order valence-corrected chi connectivity index (χ0v) is 49.0. The first kappa shape index (κ1) is 64.0. The minimum atomic E-state index is -1.43. The first-order valence-electron chi connectivity index (χ1n) is 28.1. The van der Waals surface area contributed by atoms with Crippen LogP contribution in [0.1, 0.15) is 96.3 Å². The van der Waals surface area contributed by atoms with E-state index in [1.165, 1.54) is 29.9 Å². The highest BCUT2D eigenvalue weighted by Gasteiger charge is 2.35. The van der Waals surface area contributed by atoms with Gasteiger partial charge in [0, 0.05) is 87.0 Å². The average molecular weight is 1170 g/mol. The number of alkyl carbamates (subject to hydrolysis) is 1. The Morgan fingerprint density at radius 3 is 2.02 bits per heavy atom. The summed E-state index contributed by atoms with van der Waals surface area (Å²) in [6.07, 6.45) is 3.90. The van der Waals surface area contributed by atoms with Crippen molar-refractivity contribution in [1.29, 1.82) is 0 Å². The first-order valence-corrected chi connectivity index (χ1v) is 30.4. The molecule has 442 valence electrons. The molecule has 0 saturated carbocycles. The molecule has 3 aromatic carbocycles. The van der Waals surface area contributed by atoms with Crippen LogP contribution in [-0.4, -0.2) is 147 Å². The normalized spacial score (nSPS) is 20.0. The highest BCUT2D eigenvalue weighted by molar-refractivity contribution is 8.76. The molecule has 82 heavy (non-hydrogen) atoms. The van der Waals surface area contributed by atoms with Crippen LogP contribution in [0.15, 0.2) is 114 Å². The van der Waals surface area contributed by atoms with Crippen molar-refractivity contribution in [3.05, 3.63) is 126 Å². The molecule has 1 aliphatic rings. The fourth-order valence-electron chi connectivity index (χ4n) is 9.29. The van der Waals surface area contributed by atoms with Crippen molar-refractivity contribution in [2.75, 3.05) is 31.9 Å². The molecule has 0 unspecified atom stereocenters. The molecule has 6 rings (SSSR count). The number of para-hydroxylation sites is 1. The van der Waals surface area contributed by atoms with Crippen molar-refractivity contribution >= 4 is 74.0 Å². The van der Waals surface area contributed by atoms with Gasteiger partial charge in [0.05, 0.1) is 6.10 Å². The summed E-state index contributed by atoms with van der Waals surface area (Å²) in [6, 6.07) is 20.8. The molecule has 1 fully saturated rings. The molecular formula is C60H80N10O10S2. The number of aromatic nitrogens is 2. The van der Waals surface area contributed by atoms with Crippen LogP contribution in [0, 0.1) is 0 Å². The molecule has 10 N–H and O–H groups in total. The zero-order chi connectivity index (χ0) is 59.0. The number of phenols is 1. The SMILES string of the molecule is CCCCN(CCSSc1ccccn1)C(=O)CC[C@@H]1NC(=O)[C@H](Cc2ccccc2)NC(=O)[C@H]([C@@H](C)O)NC[C@H](CCCCNC(=O)OC(C)(C)C)NC(=O)[C@@H](Cc2c[nH]c3ccccc23)NC(=O)[C@H](Cc2ccc(O)cc2)NC1=O. The van der Waals surface area contributed by atoms with Gasteiger partial charge in [0.2, 0.25) is 35.4 Å². The van der Waals surface area contributed by atoms with Crippen LogP contribution in [0.4, 0.5) is 4.79 Å². The number of pyridine rings is 1.